The van der Waals surface area contributed by atoms with Gasteiger partial charge in [-0.15, -0.1) is 13.2 Å². The molecule has 0 fully saturated rings. The van der Waals surface area contributed by atoms with Crippen LogP contribution in [0.25, 0.3) is 0 Å². The van der Waals surface area contributed by atoms with Gasteiger partial charge in [0.25, 0.3) is 0 Å². The van der Waals surface area contributed by atoms with E-state index in [1.54, 1.807) is 0 Å². The summed E-state index contributed by atoms with van der Waals surface area (Å²) in [6, 6.07) is 2.68. The zero-order chi connectivity index (χ0) is 13.4. The lowest BCUT2D eigenvalue weighted by atomic mass is 10.4. The van der Waals surface area contributed by atoms with Gasteiger partial charge in [0, 0.05) is 6.54 Å². The number of nitrogens with one attached hydrogen (secondary N) is 2. The Morgan fingerprint density at radius 1 is 1.28 bits per heavy atom. The third kappa shape index (κ3) is 6.29. The van der Waals surface area contributed by atoms with E-state index in [-0.39, 0.29) is 5.75 Å². The topological polar surface area (TPSA) is 46.2 Å². The van der Waals surface area contributed by atoms with Crippen LogP contribution >= 0.6 is 0 Å². The lowest BCUT2D eigenvalue weighted by molar-refractivity contribution is -0.274. The SMILES string of the molecule is CCNCCCNc1ccc(OC(F)(F)F)cn1. The molecule has 0 atom stereocenters. The van der Waals surface area contributed by atoms with Crippen LogP contribution in [0.1, 0.15) is 13.3 Å². The smallest absolute Gasteiger partial charge is 0.404 e. The predicted molar refractivity (Wildman–Crippen MR) is 62.6 cm³/mol. The first-order valence-electron chi connectivity index (χ1n) is 5.67. The largest absolute Gasteiger partial charge is 0.573 e. The minimum atomic E-state index is -4.68. The van der Waals surface area contributed by atoms with E-state index in [1.165, 1.54) is 12.1 Å². The van der Waals surface area contributed by atoms with Crippen molar-refractivity contribution in [1.29, 1.82) is 0 Å². The molecule has 0 saturated heterocycles. The number of aromatic nitrogens is 1. The standard InChI is InChI=1S/C11H16F3N3O/c1-2-15-6-3-7-16-10-5-4-9(8-17-10)18-11(12,13)14/h4-5,8,15H,2-3,6-7H2,1H3,(H,16,17). The molecular weight excluding hydrogens is 247 g/mol. The summed E-state index contributed by atoms with van der Waals surface area (Å²) in [5.41, 5.74) is 0. The Hall–Kier alpha value is -1.50. The number of hydrogen-bond acceptors (Lipinski definition) is 4. The van der Waals surface area contributed by atoms with Gasteiger partial charge < -0.3 is 15.4 Å². The van der Waals surface area contributed by atoms with Crippen LogP contribution in [0.15, 0.2) is 18.3 Å². The molecule has 1 rings (SSSR count). The molecule has 7 heteroatoms. The van der Waals surface area contributed by atoms with Crippen molar-refractivity contribution >= 4 is 5.82 Å². The van der Waals surface area contributed by atoms with Crippen molar-refractivity contribution in [3.8, 4) is 5.75 Å². The van der Waals surface area contributed by atoms with E-state index < -0.39 is 6.36 Å². The Labute approximate surface area is 104 Å². The van der Waals surface area contributed by atoms with Crippen molar-refractivity contribution in [1.82, 2.24) is 10.3 Å². The third-order valence-electron chi connectivity index (χ3n) is 2.06. The average molecular weight is 263 g/mol. The van der Waals surface area contributed by atoms with Crippen LogP contribution in [0.2, 0.25) is 0 Å². The molecule has 0 aliphatic heterocycles. The van der Waals surface area contributed by atoms with Gasteiger partial charge in [-0.2, -0.15) is 0 Å². The summed E-state index contributed by atoms with van der Waals surface area (Å²) in [6.45, 7) is 4.54. The van der Waals surface area contributed by atoms with Gasteiger partial charge in [-0.3, -0.25) is 0 Å². The highest BCUT2D eigenvalue weighted by Gasteiger charge is 2.31. The van der Waals surface area contributed by atoms with Gasteiger partial charge in [-0.05, 0) is 31.6 Å². The van der Waals surface area contributed by atoms with Crippen LogP contribution in [-0.2, 0) is 0 Å². The Bertz CT molecular complexity index is 340. The summed E-state index contributed by atoms with van der Waals surface area (Å²) in [7, 11) is 0. The van der Waals surface area contributed by atoms with Gasteiger partial charge >= 0.3 is 6.36 Å². The molecule has 0 aliphatic rings. The van der Waals surface area contributed by atoms with E-state index in [2.05, 4.69) is 20.4 Å². The van der Waals surface area contributed by atoms with Gasteiger partial charge in [0.05, 0.1) is 6.20 Å². The normalized spacial score (nSPS) is 11.3. The van der Waals surface area contributed by atoms with Crippen molar-refractivity contribution < 1.29 is 17.9 Å². The fourth-order valence-electron chi connectivity index (χ4n) is 1.29. The number of pyridine rings is 1. The number of hydrogen-bond donors (Lipinski definition) is 2. The van der Waals surface area contributed by atoms with Gasteiger partial charge in [-0.1, -0.05) is 6.92 Å². The fraction of sp³-hybridized carbons (Fsp3) is 0.545. The molecule has 0 amide bonds. The second-order valence-corrected chi connectivity index (χ2v) is 3.56. The second-order valence-electron chi connectivity index (χ2n) is 3.56. The van der Waals surface area contributed by atoms with E-state index in [0.717, 1.165) is 25.7 Å². The first-order valence-corrected chi connectivity index (χ1v) is 5.67. The summed E-state index contributed by atoms with van der Waals surface area (Å²) in [6.07, 6.45) is -2.72. The van der Waals surface area contributed by atoms with E-state index in [9.17, 15) is 13.2 Å². The molecule has 2 N–H and O–H groups in total. The predicted octanol–water partition coefficient (Wildman–Crippen LogP) is 2.39. The number of ether oxygens (including phenoxy) is 1. The Morgan fingerprint density at radius 2 is 2.06 bits per heavy atom. The second kappa shape index (κ2) is 7.05. The molecule has 0 aliphatic carbocycles. The summed E-state index contributed by atoms with van der Waals surface area (Å²) >= 11 is 0. The number of nitrogens with zero attached hydrogens (tertiary/aromatic N) is 1. The maximum atomic E-state index is 11.9. The summed E-state index contributed by atoms with van der Waals surface area (Å²) < 4.78 is 39.4. The zero-order valence-corrected chi connectivity index (χ0v) is 10.0. The molecule has 0 saturated carbocycles. The zero-order valence-electron chi connectivity index (χ0n) is 10.0. The number of rotatable bonds is 7. The molecule has 1 aromatic rings. The maximum Gasteiger partial charge on any atom is 0.573 e. The Balaban J connectivity index is 2.32. The van der Waals surface area contributed by atoms with Crippen molar-refractivity contribution in [2.45, 2.75) is 19.7 Å². The third-order valence-corrected chi connectivity index (χ3v) is 2.06. The number of alkyl halides is 3. The number of anilines is 1. The minimum absolute atomic E-state index is 0.319. The highest BCUT2D eigenvalue weighted by molar-refractivity contribution is 5.37. The summed E-state index contributed by atoms with van der Waals surface area (Å²) in [5, 5.41) is 6.17. The Kier molecular flexibility index (Phi) is 5.70. The minimum Gasteiger partial charge on any atom is -0.404 e. The van der Waals surface area contributed by atoms with Crippen molar-refractivity contribution in [3.63, 3.8) is 0 Å². The highest BCUT2D eigenvalue weighted by atomic mass is 19.4. The van der Waals surface area contributed by atoms with E-state index in [0.29, 0.717) is 12.4 Å². The van der Waals surface area contributed by atoms with Gasteiger partial charge in [-0.25, -0.2) is 4.98 Å². The first-order chi connectivity index (χ1) is 8.51. The molecule has 4 nitrogen and oxygen atoms in total. The van der Waals surface area contributed by atoms with Crippen LogP contribution in [0.5, 0.6) is 5.75 Å². The highest BCUT2D eigenvalue weighted by Crippen LogP contribution is 2.22. The Morgan fingerprint density at radius 3 is 2.61 bits per heavy atom. The quantitative estimate of drug-likeness (QED) is 0.741. The van der Waals surface area contributed by atoms with E-state index in [1.807, 2.05) is 6.92 Å². The summed E-state index contributed by atoms with van der Waals surface area (Å²) in [4.78, 5) is 3.82. The van der Waals surface area contributed by atoms with Crippen molar-refractivity contribution in [2.75, 3.05) is 25.0 Å². The van der Waals surface area contributed by atoms with Gasteiger partial charge in [0.15, 0.2) is 0 Å². The summed E-state index contributed by atoms with van der Waals surface area (Å²) in [5.74, 6) is 0.210. The van der Waals surface area contributed by atoms with Gasteiger partial charge in [0.1, 0.15) is 11.6 Å². The lowest BCUT2D eigenvalue weighted by Crippen LogP contribution is -2.18. The molecule has 1 heterocycles. The van der Waals surface area contributed by atoms with E-state index >= 15 is 0 Å². The first kappa shape index (κ1) is 14.6. The maximum absolute atomic E-state index is 11.9. The molecule has 0 unspecified atom stereocenters. The molecular formula is C11H16F3N3O. The fourth-order valence-corrected chi connectivity index (χ4v) is 1.29. The molecule has 1 aromatic heterocycles. The molecule has 0 bridgehead atoms. The van der Waals surface area contributed by atoms with Crippen molar-refractivity contribution in [2.24, 2.45) is 0 Å². The molecule has 102 valence electrons. The van der Waals surface area contributed by atoms with Crippen LogP contribution in [-0.4, -0.2) is 31.0 Å². The lowest BCUT2D eigenvalue weighted by Gasteiger charge is -2.09. The molecule has 0 aromatic carbocycles. The molecule has 18 heavy (non-hydrogen) atoms. The average Bonchev–Trinajstić information content (AvgIpc) is 2.29. The van der Waals surface area contributed by atoms with Crippen LogP contribution in [0, 0.1) is 0 Å². The molecule has 0 radical (unpaired) electrons. The number of halogens is 3. The van der Waals surface area contributed by atoms with Crippen LogP contribution in [0.3, 0.4) is 0 Å². The molecule has 0 spiro atoms. The van der Waals surface area contributed by atoms with Gasteiger partial charge in [0.2, 0.25) is 0 Å². The monoisotopic (exact) mass is 263 g/mol. The van der Waals surface area contributed by atoms with Crippen molar-refractivity contribution in [3.05, 3.63) is 18.3 Å². The van der Waals surface area contributed by atoms with Crippen LogP contribution in [0.4, 0.5) is 19.0 Å². The van der Waals surface area contributed by atoms with E-state index in [4.69, 9.17) is 0 Å². The van der Waals surface area contributed by atoms with Crippen LogP contribution < -0.4 is 15.4 Å².